The summed E-state index contributed by atoms with van der Waals surface area (Å²) in [7, 11) is 0. The van der Waals surface area contributed by atoms with Crippen LogP contribution in [0.25, 0.3) is 10.2 Å². The maximum absolute atomic E-state index is 13.1. The molecule has 1 aliphatic carbocycles. The summed E-state index contributed by atoms with van der Waals surface area (Å²) >= 11 is 1.34. The maximum atomic E-state index is 13.1. The van der Waals surface area contributed by atoms with Crippen molar-refractivity contribution in [1.29, 1.82) is 0 Å². The quantitative estimate of drug-likeness (QED) is 0.394. The zero-order valence-corrected chi connectivity index (χ0v) is 19.6. The third-order valence-corrected chi connectivity index (χ3v) is 7.87. The Morgan fingerprint density at radius 2 is 2.06 bits per heavy atom. The molecule has 1 aliphatic heterocycles. The molecule has 3 aromatic rings. The Morgan fingerprint density at radius 3 is 2.79 bits per heavy atom. The van der Waals surface area contributed by atoms with Gasteiger partial charge in [-0.1, -0.05) is 43.2 Å². The summed E-state index contributed by atoms with van der Waals surface area (Å²) in [6.45, 7) is 4.99. The molecule has 1 saturated carbocycles. The van der Waals surface area contributed by atoms with Crippen molar-refractivity contribution in [2.45, 2.75) is 57.2 Å². The number of carbonyl (C=O) groups is 1. The molecule has 2 aromatic carbocycles. The number of fused-ring (bicyclic) bond motifs is 4. The van der Waals surface area contributed by atoms with Gasteiger partial charge in [0.25, 0.3) is 0 Å². The predicted octanol–water partition coefficient (Wildman–Crippen LogP) is 7.25. The summed E-state index contributed by atoms with van der Waals surface area (Å²) in [5.41, 5.74) is 2.73. The molecule has 34 heavy (non-hydrogen) atoms. The average Bonchev–Trinajstić information content (AvgIpc) is 3.32. The largest absolute Gasteiger partial charge is 0.471 e. The normalized spacial score (nSPS) is 22.3. The number of azo groups is 1. The van der Waals surface area contributed by atoms with Crippen molar-refractivity contribution in [3.05, 3.63) is 42.0 Å². The molecule has 2 aliphatic rings. The van der Waals surface area contributed by atoms with E-state index < -0.39 is 12.1 Å². The van der Waals surface area contributed by atoms with Gasteiger partial charge in [-0.3, -0.25) is 4.79 Å². The van der Waals surface area contributed by atoms with E-state index in [1.165, 1.54) is 11.3 Å². The fourth-order valence-electron chi connectivity index (χ4n) is 5.34. The van der Waals surface area contributed by atoms with Crippen LogP contribution in [0.4, 0.5) is 35.4 Å². The molecule has 0 bridgehead atoms. The lowest BCUT2D eigenvalue weighted by atomic mass is 9.69. The third-order valence-electron chi connectivity index (χ3n) is 6.95. The molecule has 178 valence electrons. The number of halogens is 3. The first-order chi connectivity index (χ1) is 16.2. The standard InChI is InChI=1S/C24H24F3N5OS/c1-3-32-18-13-16(28-21(33)24(25,26)27)17(12-14(18)23(2)11-7-6-10-20(23)32)30-31-22-29-15-8-4-5-9-19(15)34-22/h4-5,8-9,12-13,20H,3,6-7,10-11H2,1-2H3,(H,28,33). The first-order valence-corrected chi connectivity index (χ1v) is 12.1. The van der Waals surface area contributed by atoms with Crippen LogP contribution >= 0.6 is 11.3 Å². The third kappa shape index (κ3) is 3.83. The van der Waals surface area contributed by atoms with E-state index in [1.807, 2.05) is 36.5 Å². The molecule has 5 rings (SSSR count). The summed E-state index contributed by atoms with van der Waals surface area (Å²) in [4.78, 5) is 18.5. The fraction of sp³-hybridized carbons (Fsp3) is 0.417. The van der Waals surface area contributed by atoms with Gasteiger partial charge < -0.3 is 10.2 Å². The van der Waals surface area contributed by atoms with Gasteiger partial charge in [-0.25, -0.2) is 4.98 Å². The van der Waals surface area contributed by atoms with E-state index in [2.05, 4.69) is 27.0 Å². The van der Waals surface area contributed by atoms with Crippen molar-refractivity contribution in [1.82, 2.24) is 4.98 Å². The van der Waals surface area contributed by atoms with E-state index >= 15 is 0 Å². The number of hydrogen-bond donors (Lipinski definition) is 1. The first-order valence-electron chi connectivity index (χ1n) is 11.3. The Kier molecular flexibility index (Phi) is 5.58. The number of nitrogens with one attached hydrogen (secondary N) is 1. The highest BCUT2D eigenvalue weighted by Crippen LogP contribution is 2.54. The molecular weight excluding hydrogens is 463 g/mol. The molecule has 1 aromatic heterocycles. The smallest absolute Gasteiger partial charge is 0.368 e. The second kappa shape index (κ2) is 8.33. The predicted molar refractivity (Wildman–Crippen MR) is 128 cm³/mol. The number of carbonyl (C=O) groups excluding carboxylic acids is 1. The van der Waals surface area contributed by atoms with Crippen LogP contribution in [0.3, 0.4) is 0 Å². The van der Waals surface area contributed by atoms with E-state index in [-0.39, 0.29) is 22.8 Å². The summed E-state index contributed by atoms with van der Waals surface area (Å²) in [6.07, 6.45) is -0.785. The minimum Gasteiger partial charge on any atom is -0.368 e. The molecule has 6 nitrogen and oxygen atoms in total. The lowest BCUT2D eigenvalue weighted by molar-refractivity contribution is -0.167. The molecular formula is C24H24F3N5OS. The molecule has 2 atom stereocenters. The van der Waals surface area contributed by atoms with Gasteiger partial charge in [-0.05, 0) is 49.6 Å². The second-order valence-corrected chi connectivity index (χ2v) is 9.98. The summed E-state index contributed by atoms with van der Waals surface area (Å²) in [5.74, 6) is -2.03. The summed E-state index contributed by atoms with van der Waals surface area (Å²) in [6, 6.07) is 11.2. The van der Waals surface area contributed by atoms with Crippen molar-refractivity contribution in [3.8, 4) is 0 Å². The van der Waals surface area contributed by atoms with Crippen molar-refractivity contribution >= 4 is 49.7 Å². The number of alkyl halides is 3. The Hall–Kier alpha value is -3.01. The molecule has 1 N–H and O–H groups in total. The highest BCUT2D eigenvalue weighted by Gasteiger charge is 2.49. The Balaban J connectivity index is 1.60. The number of amides is 1. The highest BCUT2D eigenvalue weighted by atomic mass is 32.1. The van der Waals surface area contributed by atoms with Crippen LogP contribution in [-0.2, 0) is 10.2 Å². The van der Waals surface area contributed by atoms with Crippen LogP contribution in [0.2, 0.25) is 0 Å². The van der Waals surface area contributed by atoms with Crippen molar-refractivity contribution in [2.75, 3.05) is 16.8 Å². The number of thiazole rings is 1. The van der Waals surface area contributed by atoms with Gasteiger partial charge in [-0.2, -0.15) is 13.2 Å². The van der Waals surface area contributed by atoms with Gasteiger partial charge in [0.05, 0.1) is 15.9 Å². The van der Waals surface area contributed by atoms with Crippen LogP contribution in [0.15, 0.2) is 46.6 Å². The van der Waals surface area contributed by atoms with Crippen molar-refractivity contribution in [3.63, 3.8) is 0 Å². The summed E-state index contributed by atoms with van der Waals surface area (Å²) in [5, 5.41) is 10.9. The first kappa shape index (κ1) is 22.8. The number of benzene rings is 2. The Bertz CT molecular complexity index is 1250. The van der Waals surface area contributed by atoms with E-state index in [1.54, 1.807) is 12.1 Å². The molecule has 2 unspecified atom stereocenters. The molecule has 0 radical (unpaired) electrons. The van der Waals surface area contributed by atoms with Crippen LogP contribution in [0.1, 0.15) is 45.1 Å². The molecule has 0 saturated heterocycles. The minimum atomic E-state index is -5.01. The molecule has 10 heteroatoms. The van der Waals surface area contributed by atoms with Gasteiger partial charge in [-0.15, -0.1) is 10.2 Å². The topological polar surface area (TPSA) is 70.0 Å². The van der Waals surface area contributed by atoms with Gasteiger partial charge in [0.15, 0.2) is 0 Å². The van der Waals surface area contributed by atoms with E-state index in [4.69, 9.17) is 0 Å². The number of rotatable bonds is 4. The minimum absolute atomic E-state index is 0.00775. The number of para-hydroxylation sites is 1. The molecule has 1 fully saturated rings. The van der Waals surface area contributed by atoms with Gasteiger partial charge in [0.1, 0.15) is 5.69 Å². The van der Waals surface area contributed by atoms with Gasteiger partial charge >= 0.3 is 12.1 Å². The monoisotopic (exact) mass is 487 g/mol. The number of hydrogen-bond acceptors (Lipinski definition) is 6. The van der Waals surface area contributed by atoms with E-state index in [0.29, 0.717) is 5.13 Å². The van der Waals surface area contributed by atoms with Crippen LogP contribution < -0.4 is 10.2 Å². The van der Waals surface area contributed by atoms with Gasteiger partial charge in [0, 0.05) is 23.7 Å². The fourth-order valence-corrected chi connectivity index (χ4v) is 6.12. The zero-order chi connectivity index (χ0) is 24.1. The molecule has 0 spiro atoms. The Morgan fingerprint density at radius 1 is 1.26 bits per heavy atom. The van der Waals surface area contributed by atoms with Crippen LogP contribution in [0.5, 0.6) is 0 Å². The van der Waals surface area contributed by atoms with E-state index in [0.717, 1.165) is 53.7 Å². The van der Waals surface area contributed by atoms with Crippen LogP contribution in [0, 0.1) is 0 Å². The highest BCUT2D eigenvalue weighted by molar-refractivity contribution is 7.21. The molecule has 1 amide bonds. The van der Waals surface area contributed by atoms with E-state index in [9.17, 15) is 18.0 Å². The number of likely N-dealkylation sites (N-methyl/N-ethyl adjacent to an activating group) is 1. The summed E-state index contributed by atoms with van der Waals surface area (Å²) < 4.78 is 40.1. The van der Waals surface area contributed by atoms with Crippen LogP contribution in [-0.4, -0.2) is 29.7 Å². The van der Waals surface area contributed by atoms with Crippen molar-refractivity contribution < 1.29 is 18.0 Å². The molecule has 2 heterocycles. The van der Waals surface area contributed by atoms with Crippen molar-refractivity contribution in [2.24, 2.45) is 10.2 Å². The number of aromatic nitrogens is 1. The zero-order valence-electron chi connectivity index (χ0n) is 18.8. The lowest BCUT2D eigenvalue weighted by Gasteiger charge is -2.40. The SMILES string of the molecule is CCN1c2cc(NC(=O)C(F)(F)F)c(N=Nc3nc4ccccc4s3)cc2C2(C)CCCCC12. The maximum Gasteiger partial charge on any atom is 0.471 e. The number of nitrogens with zero attached hydrogens (tertiary/aromatic N) is 4. The number of anilines is 2. The second-order valence-electron chi connectivity index (χ2n) is 8.97. The van der Waals surface area contributed by atoms with Gasteiger partial charge in [0.2, 0.25) is 5.13 Å². The average molecular weight is 488 g/mol. The lowest BCUT2D eigenvalue weighted by Crippen LogP contribution is -2.45. The Labute approximate surface area is 198 Å².